The average Bonchev–Trinajstić information content (AvgIpc) is 2.42. The minimum atomic E-state index is -3.17. The highest BCUT2D eigenvalue weighted by Crippen LogP contribution is 2.20. The molecule has 0 spiro atoms. The van der Waals surface area contributed by atoms with Gasteiger partial charge in [0.1, 0.15) is 0 Å². The molecule has 2 N–H and O–H groups in total. The molecule has 1 aromatic rings. The van der Waals surface area contributed by atoms with Crippen LogP contribution >= 0.6 is 11.8 Å². The summed E-state index contributed by atoms with van der Waals surface area (Å²) in [5.41, 5.74) is 6.33. The van der Waals surface area contributed by atoms with E-state index in [9.17, 15) is 8.42 Å². The molecule has 114 valence electrons. The molecule has 6 heteroatoms. The van der Waals surface area contributed by atoms with Crippen molar-refractivity contribution in [3.8, 4) is 0 Å². The maximum absolute atomic E-state index is 12.2. The van der Waals surface area contributed by atoms with Crippen LogP contribution in [0, 0.1) is 0 Å². The lowest BCUT2D eigenvalue weighted by Gasteiger charge is -2.25. The molecule has 0 aliphatic heterocycles. The van der Waals surface area contributed by atoms with Gasteiger partial charge in [0.05, 0.1) is 5.75 Å². The van der Waals surface area contributed by atoms with Crippen LogP contribution in [0.2, 0.25) is 0 Å². The van der Waals surface area contributed by atoms with Crippen LogP contribution in [0.3, 0.4) is 0 Å². The lowest BCUT2D eigenvalue weighted by molar-refractivity contribution is 0.350. The summed E-state index contributed by atoms with van der Waals surface area (Å²) in [4.78, 5) is 1.04. The number of hydrogen-bond acceptors (Lipinski definition) is 4. The Balaban J connectivity index is 2.53. The predicted octanol–water partition coefficient (Wildman–Crippen LogP) is 2.81. The van der Waals surface area contributed by atoms with Crippen molar-refractivity contribution in [3.63, 3.8) is 0 Å². The summed E-state index contributed by atoms with van der Waals surface area (Å²) in [5.74, 6) is 0.714. The van der Waals surface area contributed by atoms with E-state index in [4.69, 9.17) is 5.73 Å². The minimum Gasteiger partial charge on any atom is -0.399 e. The van der Waals surface area contributed by atoms with Gasteiger partial charge in [-0.25, -0.2) is 12.7 Å². The molecule has 0 fully saturated rings. The van der Waals surface area contributed by atoms with E-state index >= 15 is 0 Å². The molecule has 4 nitrogen and oxygen atoms in total. The van der Waals surface area contributed by atoms with Gasteiger partial charge in [-0.1, -0.05) is 13.8 Å². The maximum Gasteiger partial charge on any atom is 0.214 e. The SMILES string of the molecule is CCC(CC)N(C)S(=O)(=O)CCSc1ccc(N)cc1. The summed E-state index contributed by atoms with van der Waals surface area (Å²) < 4.78 is 26.0. The van der Waals surface area contributed by atoms with Gasteiger partial charge in [0.2, 0.25) is 10.0 Å². The van der Waals surface area contributed by atoms with Gasteiger partial charge in [-0.05, 0) is 37.1 Å². The van der Waals surface area contributed by atoms with E-state index in [0.717, 1.165) is 23.4 Å². The van der Waals surface area contributed by atoms with Crippen molar-refractivity contribution in [3.05, 3.63) is 24.3 Å². The van der Waals surface area contributed by atoms with Gasteiger partial charge in [-0.3, -0.25) is 0 Å². The molecule has 0 amide bonds. The Morgan fingerprint density at radius 3 is 2.25 bits per heavy atom. The van der Waals surface area contributed by atoms with Gasteiger partial charge in [0.15, 0.2) is 0 Å². The molecule has 0 unspecified atom stereocenters. The van der Waals surface area contributed by atoms with E-state index in [-0.39, 0.29) is 11.8 Å². The number of nitrogen functional groups attached to an aromatic ring is 1. The molecule has 0 heterocycles. The Kier molecular flexibility index (Phi) is 6.85. The molecule has 0 aliphatic rings. The molecule has 0 bridgehead atoms. The summed E-state index contributed by atoms with van der Waals surface area (Å²) in [5, 5.41) is 0. The average molecular weight is 316 g/mol. The first-order valence-corrected chi connectivity index (χ1v) is 9.44. The van der Waals surface area contributed by atoms with E-state index < -0.39 is 10.0 Å². The zero-order valence-electron chi connectivity index (χ0n) is 12.4. The first-order chi connectivity index (χ1) is 9.40. The maximum atomic E-state index is 12.2. The van der Waals surface area contributed by atoms with Crippen LogP contribution in [0.5, 0.6) is 0 Å². The summed E-state index contributed by atoms with van der Waals surface area (Å²) in [6.45, 7) is 4.03. The largest absolute Gasteiger partial charge is 0.399 e. The van der Waals surface area contributed by atoms with Crippen molar-refractivity contribution in [2.24, 2.45) is 0 Å². The van der Waals surface area contributed by atoms with Gasteiger partial charge in [-0.15, -0.1) is 11.8 Å². The lowest BCUT2D eigenvalue weighted by atomic mass is 10.2. The van der Waals surface area contributed by atoms with Crippen LogP contribution in [0.25, 0.3) is 0 Å². The summed E-state index contributed by atoms with van der Waals surface area (Å²) >= 11 is 1.54. The van der Waals surface area contributed by atoms with Gasteiger partial charge in [0.25, 0.3) is 0 Å². The first kappa shape index (κ1) is 17.3. The van der Waals surface area contributed by atoms with Crippen LogP contribution in [-0.2, 0) is 10.0 Å². The van der Waals surface area contributed by atoms with Gasteiger partial charge in [0, 0.05) is 29.4 Å². The topological polar surface area (TPSA) is 63.4 Å². The predicted molar refractivity (Wildman–Crippen MR) is 87.5 cm³/mol. The van der Waals surface area contributed by atoms with Gasteiger partial charge >= 0.3 is 0 Å². The minimum absolute atomic E-state index is 0.0986. The van der Waals surface area contributed by atoms with Crippen molar-refractivity contribution in [1.29, 1.82) is 0 Å². The number of rotatable bonds is 8. The van der Waals surface area contributed by atoms with Crippen LogP contribution in [0.1, 0.15) is 26.7 Å². The molecular formula is C14H24N2O2S2. The molecule has 0 aliphatic carbocycles. The van der Waals surface area contributed by atoms with E-state index in [1.54, 1.807) is 7.05 Å². The molecule has 0 saturated carbocycles. The van der Waals surface area contributed by atoms with Gasteiger partial charge < -0.3 is 5.73 Å². The zero-order valence-corrected chi connectivity index (χ0v) is 14.0. The third kappa shape index (κ3) is 5.00. The molecule has 1 rings (SSSR count). The Hall–Kier alpha value is -0.720. The molecule has 0 atom stereocenters. The van der Waals surface area contributed by atoms with Crippen molar-refractivity contribution in [2.45, 2.75) is 37.6 Å². The smallest absolute Gasteiger partial charge is 0.214 e. The number of benzene rings is 1. The Bertz CT molecular complexity index is 496. The van der Waals surface area contributed by atoms with E-state index in [1.165, 1.54) is 16.1 Å². The molecular weight excluding hydrogens is 292 g/mol. The second-order valence-corrected chi connectivity index (χ2v) is 8.04. The quantitative estimate of drug-likeness (QED) is 0.592. The number of sulfonamides is 1. The molecule has 1 aromatic carbocycles. The van der Waals surface area contributed by atoms with Crippen molar-refractivity contribution in [1.82, 2.24) is 4.31 Å². The highest BCUT2D eigenvalue weighted by Gasteiger charge is 2.23. The van der Waals surface area contributed by atoms with Crippen LogP contribution in [0.4, 0.5) is 5.69 Å². The van der Waals surface area contributed by atoms with Crippen molar-refractivity contribution < 1.29 is 8.42 Å². The van der Waals surface area contributed by atoms with Crippen molar-refractivity contribution in [2.75, 3.05) is 24.3 Å². The van der Waals surface area contributed by atoms with Crippen molar-refractivity contribution >= 4 is 27.5 Å². The fourth-order valence-electron chi connectivity index (χ4n) is 2.00. The number of anilines is 1. The normalized spacial score (nSPS) is 12.2. The summed E-state index contributed by atoms with van der Waals surface area (Å²) in [7, 11) is -1.49. The Morgan fingerprint density at radius 2 is 1.75 bits per heavy atom. The fraction of sp³-hybridized carbons (Fsp3) is 0.571. The fourth-order valence-corrected chi connectivity index (χ4v) is 4.78. The second-order valence-electron chi connectivity index (χ2n) is 4.72. The summed E-state index contributed by atoms with van der Waals surface area (Å²) in [6, 6.07) is 7.58. The number of nitrogens with zero attached hydrogens (tertiary/aromatic N) is 1. The highest BCUT2D eigenvalue weighted by atomic mass is 32.2. The molecule has 0 radical (unpaired) electrons. The highest BCUT2D eigenvalue weighted by molar-refractivity contribution is 8.00. The number of hydrogen-bond donors (Lipinski definition) is 1. The van der Waals surface area contributed by atoms with Gasteiger partial charge in [-0.2, -0.15) is 0 Å². The molecule has 20 heavy (non-hydrogen) atoms. The van der Waals surface area contributed by atoms with Crippen LogP contribution in [0.15, 0.2) is 29.2 Å². The third-order valence-electron chi connectivity index (χ3n) is 3.39. The zero-order chi connectivity index (χ0) is 15.2. The van der Waals surface area contributed by atoms with Crippen LogP contribution < -0.4 is 5.73 Å². The standard InChI is InChI=1S/C14H24N2O2S2/c1-4-13(5-2)16(3)20(17,18)11-10-19-14-8-6-12(15)7-9-14/h6-9,13H,4-5,10-11,15H2,1-3H3. The first-order valence-electron chi connectivity index (χ1n) is 6.84. The molecule has 0 aromatic heterocycles. The Morgan fingerprint density at radius 1 is 1.20 bits per heavy atom. The number of thioether (sulfide) groups is 1. The monoisotopic (exact) mass is 316 g/mol. The van der Waals surface area contributed by atoms with E-state index in [1.807, 2.05) is 38.1 Å². The number of nitrogens with two attached hydrogens (primary N) is 1. The third-order valence-corrected chi connectivity index (χ3v) is 6.55. The Labute approximate surface area is 126 Å². The van der Waals surface area contributed by atoms with E-state index in [2.05, 4.69) is 0 Å². The van der Waals surface area contributed by atoms with E-state index in [0.29, 0.717) is 5.75 Å². The van der Waals surface area contributed by atoms with Crippen LogP contribution in [-0.4, -0.2) is 37.3 Å². The lowest BCUT2D eigenvalue weighted by Crippen LogP contribution is -2.38. The second kappa shape index (κ2) is 7.90. The molecule has 0 saturated heterocycles. The summed E-state index contributed by atoms with van der Waals surface area (Å²) in [6.07, 6.45) is 1.69.